The molecule has 1 N–H and O–H groups in total. The normalized spacial score (nSPS) is 11.8. The average Bonchev–Trinajstić information content (AvgIpc) is 3.11. The van der Waals surface area contributed by atoms with Crippen molar-refractivity contribution in [1.82, 2.24) is 10.2 Å². The highest BCUT2D eigenvalue weighted by atomic mass is 35.5. The van der Waals surface area contributed by atoms with E-state index in [2.05, 4.69) is 5.32 Å². The highest BCUT2D eigenvalue weighted by Gasteiger charge is 2.36. The maximum atomic E-state index is 15.2. The summed E-state index contributed by atoms with van der Waals surface area (Å²) in [6.07, 6.45) is 0.0773. The van der Waals surface area contributed by atoms with E-state index in [0.717, 1.165) is 9.87 Å². The van der Waals surface area contributed by atoms with Crippen LogP contribution >= 0.6 is 11.6 Å². The van der Waals surface area contributed by atoms with Gasteiger partial charge in [-0.2, -0.15) is 0 Å². The summed E-state index contributed by atoms with van der Waals surface area (Å²) in [5, 5.41) is 3.09. The molecule has 0 unspecified atom stereocenters. The Labute approximate surface area is 297 Å². The summed E-state index contributed by atoms with van der Waals surface area (Å²) in [5.41, 5.74) is 0.859. The fourth-order valence-electron chi connectivity index (χ4n) is 5.26. The molecule has 266 valence electrons. The molecule has 4 aromatic rings. The standard InChI is InChI=1S/C37H41ClFN3O7S/c1-25(2)22-40-37(44)32(19-26-11-7-6-8-12-26)41(23-27-13-9-10-14-30(27)39)36(43)24-42(31-20-28(38)15-17-33(31)47-3)50(45,46)29-16-18-34(48-4)35(21-29)49-5/h6-18,20-21,25,32H,19,22-24H2,1-5H3,(H,40,44)/t32-/m1/s1. The number of carbonyl (C=O) groups is 2. The lowest BCUT2D eigenvalue weighted by molar-refractivity contribution is -0.140. The van der Waals surface area contributed by atoms with Crippen LogP contribution in [0.15, 0.2) is 95.9 Å². The number of benzene rings is 4. The molecule has 0 spiro atoms. The maximum absolute atomic E-state index is 15.2. The van der Waals surface area contributed by atoms with Crippen LogP contribution in [0.4, 0.5) is 10.1 Å². The van der Waals surface area contributed by atoms with Crippen LogP contribution in [-0.2, 0) is 32.6 Å². The first-order valence-corrected chi connectivity index (χ1v) is 17.6. The number of rotatable bonds is 16. The lowest BCUT2D eigenvalue weighted by Gasteiger charge is -2.34. The van der Waals surface area contributed by atoms with Gasteiger partial charge in [-0.3, -0.25) is 13.9 Å². The molecule has 0 saturated carbocycles. The molecule has 4 aromatic carbocycles. The van der Waals surface area contributed by atoms with E-state index in [9.17, 15) is 18.0 Å². The van der Waals surface area contributed by atoms with Gasteiger partial charge in [0.15, 0.2) is 11.5 Å². The van der Waals surface area contributed by atoms with Gasteiger partial charge in [0, 0.05) is 36.2 Å². The number of carbonyl (C=O) groups excluding carboxylic acids is 2. The zero-order chi connectivity index (χ0) is 36.4. The summed E-state index contributed by atoms with van der Waals surface area (Å²) in [6.45, 7) is 3.07. The van der Waals surface area contributed by atoms with Crippen molar-refractivity contribution in [1.29, 1.82) is 0 Å². The number of amides is 2. The molecule has 10 nitrogen and oxygen atoms in total. The van der Waals surface area contributed by atoms with Gasteiger partial charge in [0.2, 0.25) is 11.8 Å². The minimum atomic E-state index is -4.56. The molecule has 4 rings (SSSR count). The number of nitrogens with zero attached hydrogens (tertiary/aromatic N) is 2. The maximum Gasteiger partial charge on any atom is 0.265 e. The van der Waals surface area contributed by atoms with Crippen molar-refractivity contribution in [3.05, 3.63) is 113 Å². The number of methoxy groups -OCH3 is 3. The van der Waals surface area contributed by atoms with Gasteiger partial charge < -0.3 is 24.4 Å². The van der Waals surface area contributed by atoms with E-state index in [0.29, 0.717) is 12.3 Å². The molecule has 50 heavy (non-hydrogen) atoms. The van der Waals surface area contributed by atoms with E-state index in [-0.39, 0.29) is 51.6 Å². The molecular weight excluding hydrogens is 685 g/mol. The van der Waals surface area contributed by atoms with Gasteiger partial charge in [-0.15, -0.1) is 0 Å². The van der Waals surface area contributed by atoms with Crippen LogP contribution in [0.3, 0.4) is 0 Å². The molecule has 0 bridgehead atoms. The summed E-state index contributed by atoms with van der Waals surface area (Å²) in [6, 6.07) is 22.2. The highest BCUT2D eigenvalue weighted by molar-refractivity contribution is 7.92. The molecule has 1 atom stereocenters. The van der Waals surface area contributed by atoms with Gasteiger partial charge in [0.25, 0.3) is 10.0 Å². The predicted octanol–water partition coefficient (Wildman–Crippen LogP) is 6.11. The fourth-order valence-corrected chi connectivity index (χ4v) is 6.86. The van der Waals surface area contributed by atoms with Gasteiger partial charge in [-0.1, -0.05) is 74.0 Å². The van der Waals surface area contributed by atoms with E-state index >= 15 is 4.39 Å². The molecule has 0 aliphatic carbocycles. The number of nitrogens with one attached hydrogen (secondary N) is 1. The van der Waals surface area contributed by atoms with Crippen molar-refractivity contribution in [2.24, 2.45) is 5.92 Å². The van der Waals surface area contributed by atoms with Crippen molar-refractivity contribution in [2.75, 3.05) is 38.7 Å². The first-order valence-electron chi connectivity index (χ1n) is 15.8. The van der Waals surface area contributed by atoms with Crippen LogP contribution in [-0.4, -0.2) is 65.6 Å². The molecular formula is C37H41ClFN3O7S. The number of halogens is 2. The van der Waals surface area contributed by atoms with Gasteiger partial charge in [0.1, 0.15) is 24.2 Å². The number of sulfonamides is 1. The second kappa shape index (κ2) is 17.2. The lowest BCUT2D eigenvalue weighted by Crippen LogP contribution is -2.53. The molecule has 0 fully saturated rings. The number of ether oxygens (including phenoxy) is 3. The predicted molar refractivity (Wildman–Crippen MR) is 191 cm³/mol. The topological polar surface area (TPSA) is 114 Å². The summed E-state index contributed by atoms with van der Waals surface area (Å²) >= 11 is 6.36. The quantitative estimate of drug-likeness (QED) is 0.148. The van der Waals surface area contributed by atoms with Crippen molar-refractivity contribution < 1.29 is 36.6 Å². The number of hydrogen-bond acceptors (Lipinski definition) is 7. The molecule has 13 heteroatoms. The Kier molecular flexibility index (Phi) is 13.1. The molecule has 0 aromatic heterocycles. The minimum absolute atomic E-state index is 0.0298. The SMILES string of the molecule is COc1ccc(S(=O)(=O)N(CC(=O)N(Cc2ccccc2F)[C@H](Cc2ccccc2)C(=O)NCC(C)C)c2cc(Cl)ccc2OC)cc1OC. The van der Waals surface area contributed by atoms with Crippen LogP contribution in [0.1, 0.15) is 25.0 Å². The van der Waals surface area contributed by atoms with Gasteiger partial charge in [0.05, 0.1) is 31.9 Å². The second-order valence-electron chi connectivity index (χ2n) is 11.8. The lowest BCUT2D eigenvalue weighted by atomic mass is 10.0. The molecule has 0 saturated heterocycles. The fraction of sp³-hybridized carbons (Fsp3) is 0.297. The zero-order valence-electron chi connectivity index (χ0n) is 28.6. The van der Waals surface area contributed by atoms with Gasteiger partial charge in [-0.05, 0) is 47.9 Å². The van der Waals surface area contributed by atoms with Crippen molar-refractivity contribution in [3.8, 4) is 17.2 Å². The van der Waals surface area contributed by atoms with E-state index in [4.69, 9.17) is 25.8 Å². The van der Waals surface area contributed by atoms with Crippen LogP contribution in [0.25, 0.3) is 0 Å². The summed E-state index contributed by atoms with van der Waals surface area (Å²) in [4.78, 5) is 29.6. The third-order valence-electron chi connectivity index (χ3n) is 7.89. The van der Waals surface area contributed by atoms with Crippen LogP contribution in [0.5, 0.6) is 17.2 Å². The zero-order valence-corrected chi connectivity index (χ0v) is 30.1. The van der Waals surface area contributed by atoms with Gasteiger partial charge in [-0.25, -0.2) is 12.8 Å². The first-order chi connectivity index (χ1) is 23.9. The first kappa shape index (κ1) is 38.0. The Morgan fingerprint density at radius 2 is 1.48 bits per heavy atom. The molecule has 0 aliphatic heterocycles. The number of anilines is 1. The summed E-state index contributed by atoms with van der Waals surface area (Å²) < 4.78 is 61.3. The van der Waals surface area contributed by atoms with Gasteiger partial charge >= 0.3 is 0 Å². The Bertz CT molecular complexity index is 1890. The van der Waals surface area contributed by atoms with E-state index < -0.39 is 40.2 Å². The van der Waals surface area contributed by atoms with Crippen molar-refractivity contribution in [3.63, 3.8) is 0 Å². The molecule has 0 aliphatic rings. The largest absolute Gasteiger partial charge is 0.495 e. The second-order valence-corrected chi connectivity index (χ2v) is 14.1. The number of hydrogen-bond donors (Lipinski definition) is 1. The molecule has 0 radical (unpaired) electrons. The summed E-state index contributed by atoms with van der Waals surface area (Å²) in [7, 11) is -0.417. The van der Waals surface area contributed by atoms with Crippen LogP contribution in [0.2, 0.25) is 5.02 Å². The summed E-state index contributed by atoms with van der Waals surface area (Å²) in [5.74, 6) is -1.18. The minimum Gasteiger partial charge on any atom is -0.495 e. The van der Waals surface area contributed by atoms with Crippen molar-refractivity contribution >= 4 is 39.1 Å². The van der Waals surface area contributed by atoms with Crippen molar-refractivity contribution in [2.45, 2.75) is 37.8 Å². The third-order valence-corrected chi connectivity index (χ3v) is 9.88. The van der Waals surface area contributed by atoms with E-state index in [1.807, 2.05) is 44.2 Å². The highest BCUT2D eigenvalue weighted by Crippen LogP contribution is 2.37. The van der Waals surface area contributed by atoms with E-state index in [1.54, 1.807) is 6.07 Å². The van der Waals surface area contributed by atoms with Crippen LogP contribution < -0.4 is 23.8 Å². The third kappa shape index (κ3) is 9.25. The Hall–Kier alpha value is -4.81. The Morgan fingerprint density at radius 3 is 2.12 bits per heavy atom. The molecule has 0 heterocycles. The monoisotopic (exact) mass is 725 g/mol. The Morgan fingerprint density at radius 1 is 0.840 bits per heavy atom. The van der Waals surface area contributed by atoms with E-state index in [1.165, 1.54) is 80.8 Å². The Balaban J connectivity index is 1.89. The average molecular weight is 726 g/mol. The van der Waals surface area contributed by atoms with Crippen LogP contribution in [0, 0.1) is 11.7 Å². The smallest absolute Gasteiger partial charge is 0.265 e. The molecule has 2 amide bonds.